The molecule has 0 saturated carbocycles. The fraction of sp³-hybridized carbons (Fsp3) is 0.909. The van der Waals surface area contributed by atoms with Crippen molar-refractivity contribution in [1.29, 1.82) is 0 Å². The van der Waals surface area contributed by atoms with Crippen LogP contribution in [0.25, 0.3) is 0 Å². The predicted octanol–water partition coefficient (Wildman–Crippen LogP) is 4.25. The number of rotatable bonds is 12. The van der Waals surface area contributed by atoms with E-state index in [0.29, 0.717) is 12.8 Å². The molecular formula is C22H44O4Sn. The molecule has 5 heteroatoms. The molecule has 0 rings (SSSR count). The number of carboxylic acid groups (broad SMARTS) is 2. The molecule has 0 bridgehead atoms. The fourth-order valence-electron chi connectivity index (χ4n) is 2.54. The van der Waals surface area contributed by atoms with Crippen LogP contribution in [0.5, 0.6) is 0 Å². The van der Waals surface area contributed by atoms with E-state index in [1.54, 1.807) is 0 Å². The van der Waals surface area contributed by atoms with Crippen molar-refractivity contribution in [3.63, 3.8) is 0 Å². The van der Waals surface area contributed by atoms with Gasteiger partial charge in [0.2, 0.25) is 0 Å². The van der Waals surface area contributed by atoms with Crippen molar-refractivity contribution in [3.8, 4) is 0 Å². The van der Waals surface area contributed by atoms with Gasteiger partial charge in [-0.1, -0.05) is 53.4 Å². The van der Waals surface area contributed by atoms with E-state index in [1.165, 1.54) is 0 Å². The summed E-state index contributed by atoms with van der Waals surface area (Å²) in [5, 5.41) is 20.7. The van der Waals surface area contributed by atoms with Crippen LogP contribution in [0.3, 0.4) is 0 Å². The molecule has 0 radical (unpaired) electrons. The van der Waals surface area contributed by atoms with E-state index in [1.807, 2.05) is 13.8 Å². The second kappa shape index (κ2) is 22.0. The summed E-state index contributed by atoms with van der Waals surface area (Å²) in [7, 11) is 0. The number of unbranched alkanes of at least 4 members (excludes halogenated alkanes) is 2. The van der Waals surface area contributed by atoms with Crippen LogP contribution in [-0.4, -0.2) is 33.1 Å². The molecule has 0 spiro atoms. The number of carbonyl (C=O) groups excluding carboxylic acids is 2. The Labute approximate surface area is 179 Å². The second-order valence-electron chi connectivity index (χ2n) is 7.61. The van der Waals surface area contributed by atoms with E-state index in [-0.39, 0.29) is 33.0 Å². The summed E-state index contributed by atoms with van der Waals surface area (Å²) in [6, 6.07) is 0. The van der Waals surface area contributed by atoms with Gasteiger partial charge in [0.25, 0.3) is 0 Å². The first-order chi connectivity index (χ1) is 12.6. The molecule has 0 N–H and O–H groups in total. The summed E-state index contributed by atoms with van der Waals surface area (Å²) in [5.74, 6) is -2.23. The average molecular weight is 491 g/mol. The number of hydrogen-bond donors (Lipinski definition) is 0. The summed E-state index contributed by atoms with van der Waals surface area (Å²) in [4.78, 5) is 20.7. The SMILES string of the molecule is CCCCC(CC)C(=O)[O-].CCCCC(CC)C(=O)[O-].C[CH](C)[Sn+2][CH](C)C. The molecule has 27 heavy (non-hydrogen) atoms. The summed E-state index contributed by atoms with van der Waals surface area (Å²) >= 11 is 0.0389. The average Bonchev–Trinajstić information content (AvgIpc) is 2.55. The van der Waals surface area contributed by atoms with Crippen molar-refractivity contribution in [2.45, 2.75) is 115 Å². The second-order valence-corrected chi connectivity index (χ2v) is 15.2. The van der Waals surface area contributed by atoms with E-state index in [0.717, 1.165) is 46.4 Å². The Kier molecular flexibility index (Phi) is 25.7. The summed E-state index contributed by atoms with van der Waals surface area (Å²) in [6.07, 6.45) is 7.04. The minimum atomic E-state index is -0.893. The van der Waals surface area contributed by atoms with Gasteiger partial charge in [-0.05, 0) is 37.5 Å². The molecule has 2 unspecified atom stereocenters. The normalized spacial score (nSPS) is 12.2. The van der Waals surface area contributed by atoms with Gasteiger partial charge in [0, 0.05) is 11.9 Å². The van der Waals surface area contributed by atoms with Gasteiger partial charge < -0.3 is 19.8 Å². The van der Waals surface area contributed by atoms with Crippen molar-refractivity contribution < 1.29 is 19.8 Å². The van der Waals surface area contributed by atoms with Crippen molar-refractivity contribution in [2.75, 3.05) is 0 Å². The molecular weight excluding hydrogens is 447 g/mol. The molecule has 4 nitrogen and oxygen atoms in total. The Morgan fingerprint density at radius 2 is 1.00 bits per heavy atom. The fourth-order valence-corrected chi connectivity index (χ4v) is 6.35. The van der Waals surface area contributed by atoms with E-state index in [2.05, 4.69) is 41.5 Å². The van der Waals surface area contributed by atoms with E-state index >= 15 is 0 Å². The van der Waals surface area contributed by atoms with Crippen LogP contribution in [0.15, 0.2) is 0 Å². The van der Waals surface area contributed by atoms with Crippen LogP contribution in [0, 0.1) is 11.8 Å². The van der Waals surface area contributed by atoms with Crippen molar-refractivity contribution >= 4 is 33.1 Å². The number of aliphatic carboxylic acids is 2. The summed E-state index contributed by atoms with van der Waals surface area (Å²) in [6.45, 7) is 17.2. The molecule has 2 atom stereocenters. The molecule has 0 aliphatic carbocycles. The molecule has 0 heterocycles. The molecule has 0 saturated heterocycles. The number of carbonyl (C=O) groups is 2. The first kappa shape index (κ1) is 31.4. The van der Waals surface area contributed by atoms with Crippen LogP contribution >= 0.6 is 0 Å². The van der Waals surface area contributed by atoms with E-state index < -0.39 is 11.9 Å². The summed E-state index contributed by atoms with van der Waals surface area (Å²) < 4.78 is 2.09. The van der Waals surface area contributed by atoms with E-state index in [4.69, 9.17) is 0 Å². The van der Waals surface area contributed by atoms with Crippen LogP contribution in [0.1, 0.15) is 107 Å². The van der Waals surface area contributed by atoms with Crippen molar-refractivity contribution in [1.82, 2.24) is 0 Å². The van der Waals surface area contributed by atoms with Gasteiger partial charge in [0.1, 0.15) is 0 Å². The zero-order chi connectivity index (χ0) is 21.8. The van der Waals surface area contributed by atoms with Gasteiger partial charge in [0.15, 0.2) is 0 Å². The standard InChI is InChI=1S/2C8H16O2.2C3H7.Sn/c2*1-3-5-6-7(4-2)8(9)10;2*1-3-2;/h2*7H,3-6H2,1-2H3,(H,9,10);2*3H,1-2H3;/q;;;;+2/p-2. The maximum atomic E-state index is 10.3. The van der Waals surface area contributed by atoms with Crippen LogP contribution in [0.2, 0.25) is 7.87 Å². The van der Waals surface area contributed by atoms with Gasteiger partial charge >= 0.3 is 56.7 Å². The Morgan fingerprint density at radius 3 is 1.11 bits per heavy atom. The molecule has 0 amide bonds. The van der Waals surface area contributed by atoms with Gasteiger partial charge in [-0.15, -0.1) is 0 Å². The monoisotopic (exact) mass is 492 g/mol. The van der Waals surface area contributed by atoms with Gasteiger partial charge in [-0.2, -0.15) is 0 Å². The molecule has 0 fully saturated rings. The van der Waals surface area contributed by atoms with Gasteiger partial charge in [-0.25, -0.2) is 0 Å². The molecule has 0 aliphatic heterocycles. The zero-order valence-corrected chi connectivity index (χ0v) is 22.0. The predicted molar refractivity (Wildman–Crippen MR) is 113 cm³/mol. The van der Waals surface area contributed by atoms with Crippen LogP contribution < -0.4 is 10.2 Å². The molecule has 0 aromatic rings. The van der Waals surface area contributed by atoms with E-state index in [9.17, 15) is 19.8 Å². The zero-order valence-electron chi connectivity index (χ0n) is 19.1. The molecule has 160 valence electrons. The first-order valence-electron chi connectivity index (χ1n) is 10.7. The molecule has 0 aliphatic rings. The third-order valence-corrected chi connectivity index (χ3v) is 7.94. The Bertz CT molecular complexity index is 311. The Balaban J connectivity index is -0.000000326. The van der Waals surface area contributed by atoms with Crippen LogP contribution in [0.4, 0.5) is 0 Å². The molecule has 0 aromatic heterocycles. The number of carboxylic acids is 2. The topological polar surface area (TPSA) is 80.3 Å². The maximum absolute atomic E-state index is 10.3. The molecule has 0 aromatic carbocycles. The van der Waals surface area contributed by atoms with Crippen molar-refractivity contribution in [3.05, 3.63) is 0 Å². The Morgan fingerprint density at radius 1 is 0.704 bits per heavy atom. The first-order valence-corrected chi connectivity index (χ1v) is 14.0. The van der Waals surface area contributed by atoms with Crippen LogP contribution in [-0.2, 0) is 9.59 Å². The minimum absolute atomic E-state index is 0.0389. The Hall–Kier alpha value is -0.261. The van der Waals surface area contributed by atoms with Gasteiger partial charge in [-0.3, -0.25) is 0 Å². The van der Waals surface area contributed by atoms with Gasteiger partial charge in [0.05, 0.1) is 0 Å². The number of hydrogen-bond acceptors (Lipinski definition) is 4. The van der Waals surface area contributed by atoms with Crippen molar-refractivity contribution in [2.24, 2.45) is 11.8 Å². The quantitative estimate of drug-likeness (QED) is 0.383. The third kappa shape index (κ3) is 25.7. The summed E-state index contributed by atoms with van der Waals surface area (Å²) in [5.41, 5.74) is 0. The third-order valence-electron chi connectivity index (χ3n) is 4.13.